The monoisotopic (exact) mass is 274 g/mol. The second-order valence-electron chi connectivity index (χ2n) is 3.78. The van der Waals surface area contributed by atoms with Crippen molar-refractivity contribution in [3.8, 4) is 0 Å². The lowest BCUT2D eigenvalue weighted by Crippen LogP contribution is -2.48. The van der Waals surface area contributed by atoms with E-state index >= 15 is 0 Å². The van der Waals surface area contributed by atoms with Crippen molar-refractivity contribution in [2.75, 3.05) is 13.2 Å². The van der Waals surface area contributed by atoms with Crippen molar-refractivity contribution >= 4 is 18.0 Å². The molecule has 0 aliphatic rings. The smallest absolute Gasteiger partial charge is 0.326 e. The summed E-state index contributed by atoms with van der Waals surface area (Å²) in [5.41, 5.74) is 0. The maximum absolute atomic E-state index is 11.4. The summed E-state index contributed by atoms with van der Waals surface area (Å²) in [6.07, 6.45) is 0.598. The Balaban J connectivity index is 4.09. The van der Waals surface area contributed by atoms with Crippen molar-refractivity contribution in [2.45, 2.75) is 25.5 Å². The molecule has 0 heterocycles. The summed E-state index contributed by atoms with van der Waals surface area (Å²) in [6.45, 7) is 5.69. The van der Waals surface area contributed by atoms with Crippen LogP contribution in [-0.4, -0.2) is 53.5 Å². The average molecular weight is 274 g/mol. The number of carboxylic acids is 2. The molecule has 8 nitrogen and oxygen atoms in total. The maximum Gasteiger partial charge on any atom is 0.326 e. The van der Waals surface area contributed by atoms with Gasteiger partial charge >= 0.3 is 18.0 Å². The molecule has 0 saturated carbocycles. The van der Waals surface area contributed by atoms with Gasteiger partial charge < -0.3 is 25.6 Å². The fraction of sp³-hybridized carbons (Fsp3) is 0.545. The van der Waals surface area contributed by atoms with E-state index < -0.39 is 30.4 Å². The highest BCUT2D eigenvalue weighted by molar-refractivity contribution is 5.86. The zero-order valence-corrected chi connectivity index (χ0v) is 10.6. The summed E-state index contributed by atoms with van der Waals surface area (Å²) in [5, 5.41) is 21.7. The third-order valence-electron chi connectivity index (χ3n) is 2.03. The standard InChI is InChI=1S/C11H18N2O6/c1-3-4-19-7(2)6-12-11(18)13-8(10(16)17)5-9(14)15/h3,7-8H,1,4-6H2,2H3,(H,14,15)(H,16,17)(H2,12,13,18)/t7?,8-/m1/s1. The zero-order valence-electron chi connectivity index (χ0n) is 10.6. The van der Waals surface area contributed by atoms with Gasteiger partial charge in [-0.2, -0.15) is 0 Å². The molecule has 0 aromatic heterocycles. The summed E-state index contributed by atoms with van der Waals surface area (Å²) < 4.78 is 5.19. The minimum atomic E-state index is -1.47. The maximum atomic E-state index is 11.4. The number of carbonyl (C=O) groups is 3. The lowest BCUT2D eigenvalue weighted by Gasteiger charge is -2.16. The van der Waals surface area contributed by atoms with Crippen LogP contribution in [0.3, 0.4) is 0 Å². The van der Waals surface area contributed by atoms with E-state index in [9.17, 15) is 14.4 Å². The van der Waals surface area contributed by atoms with E-state index in [-0.39, 0.29) is 12.6 Å². The minimum absolute atomic E-state index is 0.166. The Morgan fingerprint density at radius 2 is 2.00 bits per heavy atom. The van der Waals surface area contributed by atoms with Gasteiger partial charge in [0.2, 0.25) is 0 Å². The van der Waals surface area contributed by atoms with Crippen LogP contribution in [0, 0.1) is 0 Å². The van der Waals surface area contributed by atoms with Crippen molar-refractivity contribution in [1.29, 1.82) is 0 Å². The largest absolute Gasteiger partial charge is 0.481 e. The molecule has 0 bridgehead atoms. The molecule has 0 saturated heterocycles. The molecule has 0 radical (unpaired) electrons. The van der Waals surface area contributed by atoms with Gasteiger partial charge in [-0.15, -0.1) is 6.58 Å². The predicted octanol–water partition coefficient (Wildman–Crippen LogP) is -0.195. The molecule has 0 fully saturated rings. The molecule has 1 unspecified atom stereocenters. The van der Waals surface area contributed by atoms with Crippen molar-refractivity contribution in [2.24, 2.45) is 0 Å². The number of ether oxygens (including phenoxy) is 1. The van der Waals surface area contributed by atoms with Gasteiger partial charge in [0.1, 0.15) is 6.04 Å². The SMILES string of the molecule is C=CCOC(C)CNC(=O)N[C@H](CC(=O)O)C(=O)O. The van der Waals surface area contributed by atoms with Gasteiger partial charge in [-0.3, -0.25) is 4.79 Å². The second kappa shape index (κ2) is 8.92. The van der Waals surface area contributed by atoms with Crippen LogP contribution in [0.2, 0.25) is 0 Å². The fourth-order valence-corrected chi connectivity index (χ4v) is 1.11. The Kier molecular flexibility index (Phi) is 7.94. The lowest BCUT2D eigenvalue weighted by atomic mass is 10.2. The van der Waals surface area contributed by atoms with Crippen LogP contribution in [0.25, 0.3) is 0 Å². The Labute approximate surface area is 110 Å². The quantitative estimate of drug-likeness (QED) is 0.432. The van der Waals surface area contributed by atoms with Gasteiger partial charge in [0.25, 0.3) is 0 Å². The summed E-state index contributed by atoms with van der Waals surface area (Å²) in [5.74, 6) is -2.72. The molecule has 0 aliphatic carbocycles. The molecule has 0 rings (SSSR count). The summed E-state index contributed by atoms with van der Waals surface area (Å²) in [7, 11) is 0. The Hall–Kier alpha value is -2.09. The van der Waals surface area contributed by atoms with E-state index in [0.717, 1.165) is 0 Å². The topological polar surface area (TPSA) is 125 Å². The Morgan fingerprint density at radius 1 is 1.37 bits per heavy atom. The van der Waals surface area contributed by atoms with Crippen molar-refractivity contribution in [1.82, 2.24) is 10.6 Å². The number of hydrogen-bond donors (Lipinski definition) is 4. The Morgan fingerprint density at radius 3 is 2.47 bits per heavy atom. The van der Waals surface area contributed by atoms with E-state index in [1.54, 1.807) is 13.0 Å². The average Bonchev–Trinajstić information content (AvgIpc) is 2.32. The minimum Gasteiger partial charge on any atom is -0.481 e. The molecular weight excluding hydrogens is 256 g/mol. The second-order valence-corrected chi connectivity index (χ2v) is 3.78. The van der Waals surface area contributed by atoms with Crippen molar-refractivity contribution in [3.05, 3.63) is 12.7 Å². The van der Waals surface area contributed by atoms with Gasteiger partial charge in [0.15, 0.2) is 0 Å². The van der Waals surface area contributed by atoms with Crippen molar-refractivity contribution < 1.29 is 29.3 Å². The molecule has 0 spiro atoms. The molecule has 19 heavy (non-hydrogen) atoms. The van der Waals surface area contributed by atoms with Gasteiger partial charge in [0, 0.05) is 6.54 Å². The molecule has 8 heteroatoms. The number of urea groups is 1. The molecule has 0 aromatic rings. The number of nitrogens with one attached hydrogen (secondary N) is 2. The molecule has 0 aromatic carbocycles. The van der Waals surface area contributed by atoms with Crippen LogP contribution in [-0.2, 0) is 14.3 Å². The van der Waals surface area contributed by atoms with Crippen molar-refractivity contribution in [3.63, 3.8) is 0 Å². The van der Waals surface area contributed by atoms with E-state index in [1.165, 1.54) is 0 Å². The highest BCUT2D eigenvalue weighted by Gasteiger charge is 2.22. The highest BCUT2D eigenvalue weighted by atomic mass is 16.5. The zero-order chi connectivity index (χ0) is 14.8. The third-order valence-corrected chi connectivity index (χ3v) is 2.03. The fourth-order valence-electron chi connectivity index (χ4n) is 1.11. The molecule has 2 amide bonds. The van der Waals surface area contributed by atoms with Crippen LogP contribution in [0.5, 0.6) is 0 Å². The van der Waals surface area contributed by atoms with Crippen LogP contribution in [0.15, 0.2) is 12.7 Å². The first-order chi connectivity index (χ1) is 8.86. The molecule has 108 valence electrons. The number of carbonyl (C=O) groups excluding carboxylic acids is 1. The van der Waals surface area contributed by atoms with Gasteiger partial charge in [-0.05, 0) is 6.92 Å². The number of carboxylic acid groups (broad SMARTS) is 2. The van der Waals surface area contributed by atoms with Crippen LogP contribution < -0.4 is 10.6 Å². The Bertz CT molecular complexity index is 344. The highest BCUT2D eigenvalue weighted by Crippen LogP contribution is 1.93. The first kappa shape index (κ1) is 16.9. The van der Waals surface area contributed by atoms with E-state index in [2.05, 4.69) is 17.2 Å². The van der Waals surface area contributed by atoms with Gasteiger partial charge in [0.05, 0.1) is 19.1 Å². The van der Waals surface area contributed by atoms with Crippen LogP contribution in [0.1, 0.15) is 13.3 Å². The summed E-state index contributed by atoms with van der Waals surface area (Å²) >= 11 is 0. The summed E-state index contributed by atoms with van der Waals surface area (Å²) in [4.78, 5) is 32.5. The van der Waals surface area contributed by atoms with Crippen LogP contribution >= 0.6 is 0 Å². The lowest BCUT2D eigenvalue weighted by molar-refractivity contribution is -0.145. The molecule has 4 N–H and O–H groups in total. The molecule has 0 aliphatic heterocycles. The number of aliphatic carboxylic acids is 2. The van der Waals surface area contributed by atoms with E-state index in [4.69, 9.17) is 14.9 Å². The number of amides is 2. The number of hydrogen-bond acceptors (Lipinski definition) is 4. The number of rotatable bonds is 9. The first-order valence-corrected chi connectivity index (χ1v) is 5.58. The molecule has 2 atom stereocenters. The first-order valence-electron chi connectivity index (χ1n) is 5.58. The van der Waals surface area contributed by atoms with Gasteiger partial charge in [-0.25, -0.2) is 9.59 Å². The van der Waals surface area contributed by atoms with Gasteiger partial charge in [-0.1, -0.05) is 6.08 Å². The predicted molar refractivity (Wildman–Crippen MR) is 65.8 cm³/mol. The molecular formula is C11H18N2O6. The third kappa shape index (κ3) is 8.61. The van der Waals surface area contributed by atoms with E-state index in [1.807, 2.05) is 0 Å². The van der Waals surface area contributed by atoms with Crippen LogP contribution in [0.4, 0.5) is 4.79 Å². The normalized spacial score (nSPS) is 13.1. The van der Waals surface area contributed by atoms with E-state index in [0.29, 0.717) is 6.61 Å². The summed E-state index contributed by atoms with van der Waals surface area (Å²) in [6, 6.07) is -2.23.